The van der Waals surface area contributed by atoms with Crippen LogP contribution in [0.3, 0.4) is 0 Å². The molecule has 1 aromatic heterocycles. The van der Waals surface area contributed by atoms with Crippen LogP contribution in [-0.2, 0) is 4.74 Å². The van der Waals surface area contributed by atoms with E-state index >= 15 is 0 Å². The fourth-order valence-corrected chi connectivity index (χ4v) is 2.58. The molecule has 6 heteroatoms. The molecule has 2 rings (SSSR count). The van der Waals surface area contributed by atoms with Gasteiger partial charge in [0.05, 0.1) is 5.69 Å². The van der Waals surface area contributed by atoms with Gasteiger partial charge in [-0.3, -0.25) is 4.57 Å². The summed E-state index contributed by atoms with van der Waals surface area (Å²) < 4.78 is 22.1. The van der Waals surface area contributed by atoms with Crippen LogP contribution in [0.25, 0.3) is 11.3 Å². The van der Waals surface area contributed by atoms with Crippen LogP contribution in [-0.4, -0.2) is 16.3 Å². The van der Waals surface area contributed by atoms with Gasteiger partial charge in [-0.15, -0.1) is 0 Å². The number of aromatic nitrogens is 1. The minimum absolute atomic E-state index is 0.320. The average molecular weight is 419 g/mol. The molecule has 0 fully saturated rings. The van der Waals surface area contributed by atoms with Crippen molar-refractivity contribution in [2.45, 2.75) is 26.4 Å². The lowest BCUT2D eigenvalue weighted by Crippen LogP contribution is -2.27. The van der Waals surface area contributed by atoms with Crippen molar-refractivity contribution in [2.24, 2.45) is 0 Å². The van der Waals surface area contributed by atoms with E-state index in [2.05, 4.69) is 31.9 Å². The third-order valence-corrected chi connectivity index (χ3v) is 3.51. The van der Waals surface area contributed by atoms with Crippen LogP contribution in [0.15, 0.2) is 39.4 Å². The highest BCUT2D eigenvalue weighted by Crippen LogP contribution is 2.30. The lowest BCUT2D eigenvalue weighted by Gasteiger charge is -2.20. The Morgan fingerprint density at radius 1 is 1.19 bits per heavy atom. The van der Waals surface area contributed by atoms with Crippen LogP contribution in [0.2, 0.25) is 0 Å². The molecular weight excluding hydrogens is 405 g/mol. The zero-order valence-corrected chi connectivity index (χ0v) is 15.0. The molecule has 112 valence electrons. The maximum atomic E-state index is 14.0. The summed E-state index contributed by atoms with van der Waals surface area (Å²) in [5, 5.41) is 0. The average Bonchev–Trinajstić information content (AvgIpc) is 2.72. The van der Waals surface area contributed by atoms with Gasteiger partial charge in [0.25, 0.3) is 0 Å². The van der Waals surface area contributed by atoms with E-state index in [1.54, 1.807) is 45.2 Å². The van der Waals surface area contributed by atoms with Gasteiger partial charge in [0.15, 0.2) is 0 Å². The Kier molecular flexibility index (Phi) is 4.58. The number of carbonyl (C=O) groups excluding carboxylic acids is 1. The van der Waals surface area contributed by atoms with E-state index < -0.39 is 17.5 Å². The number of rotatable bonds is 1. The Morgan fingerprint density at radius 3 is 2.48 bits per heavy atom. The highest BCUT2D eigenvalue weighted by Gasteiger charge is 2.22. The van der Waals surface area contributed by atoms with Crippen LogP contribution in [0, 0.1) is 5.82 Å². The Bertz CT molecular complexity index is 689. The van der Waals surface area contributed by atoms with E-state index in [9.17, 15) is 9.18 Å². The molecule has 0 N–H and O–H groups in total. The van der Waals surface area contributed by atoms with Crippen LogP contribution < -0.4 is 0 Å². The third kappa shape index (κ3) is 3.95. The second kappa shape index (κ2) is 5.93. The molecule has 3 nitrogen and oxygen atoms in total. The first-order chi connectivity index (χ1) is 9.67. The van der Waals surface area contributed by atoms with Crippen molar-refractivity contribution in [2.75, 3.05) is 0 Å². The smallest absolute Gasteiger partial charge is 0.419 e. The molecule has 2 aromatic rings. The van der Waals surface area contributed by atoms with Gasteiger partial charge in [0.1, 0.15) is 11.4 Å². The van der Waals surface area contributed by atoms with Crippen molar-refractivity contribution in [3.8, 4) is 11.3 Å². The minimum Gasteiger partial charge on any atom is -0.443 e. The Morgan fingerprint density at radius 2 is 1.86 bits per heavy atom. The van der Waals surface area contributed by atoms with Gasteiger partial charge >= 0.3 is 6.09 Å². The van der Waals surface area contributed by atoms with Gasteiger partial charge in [0, 0.05) is 20.7 Å². The summed E-state index contributed by atoms with van der Waals surface area (Å²) in [6.07, 6.45) is 1.01. The molecule has 21 heavy (non-hydrogen) atoms. The molecule has 1 heterocycles. The molecule has 0 aliphatic rings. The predicted molar refractivity (Wildman–Crippen MR) is 86.9 cm³/mol. The summed E-state index contributed by atoms with van der Waals surface area (Å²) in [5.41, 5.74) is 0.122. The summed E-state index contributed by atoms with van der Waals surface area (Å²) in [7, 11) is 0. The predicted octanol–water partition coefficient (Wildman–Crippen LogP) is 5.60. The number of ether oxygens (including phenoxy) is 1. The van der Waals surface area contributed by atoms with Crippen LogP contribution in [0.1, 0.15) is 20.8 Å². The molecule has 0 spiro atoms. The first-order valence-electron chi connectivity index (χ1n) is 6.24. The number of hydrogen-bond acceptors (Lipinski definition) is 2. The summed E-state index contributed by atoms with van der Waals surface area (Å²) in [6, 6.07) is 6.25. The topological polar surface area (TPSA) is 31.2 Å². The van der Waals surface area contributed by atoms with E-state index in [0.717, 1.165) is 4.47 Å². The zero-order valence-electron chi connectivity index (χ0n) is 11.8. The number of carbonyl (C=O) groups is 1. The lowest BCUT2D eigenvalue weighted by molar-refractivity contribution is 0.0540. The fourth-order valence-electron chi connectivity index (χ4n) is 1.79. The highest BCUT2D eigenvalue weighted by atomic mass is 79.9. The van der Waals surface area contributed by atoms with Crippen molar-refractivity contribution >= 4 is 38.0 Å². The molecule has 0 amide bonds. The molecule has 0 unspecified atom stereocenters. The van der Waals surface area contributed by atoms with Gasteiger partial charge < -0.3 is 4.74 Å². The second-order valence-corrected chi connectivity index (χ2v) is 7.35. The molecule has 0 bridgehead atoms. The lowest BCUT2D eigenvalue weighted by atomic mass is 10.1. The second-order valence-electron chi connectivity index (χ2n) is 5.52. The van der Waals surface area contributed by atoms with Gasteiger partial charge in [-0.2, -0.15) is 0 Å². The van der Waals surface area contributed by atoms with Crippen molar-refractivity contribution in [1.82, 2.24) is 4.57 Å². The fraction of sp³-hybridized carbons (Fsp3) is 0.267. The molecule has 0 radical (unpaired) electrons. The molecule has 1 aromatic carbocycles. The normalized spacial score (nSPS) is 11.5. The molecule has 0 atom stereocenters. The maximum absolute atomic E-state index is 14.0. The van der Waals surface area contributed by atoms with E-state index in [1.807, 2.05) is 0 Å². The number of nitrogens with zero attached hydrogens (tertiary/aromatic N) is 1. The van der Waals surface area contributed by atoms with Crippen LogP contribution in [0.4, 0.5) is 9.18 Å². The summed E-state index contributed by atoms with van der Waals surface area (Å²) in [4.78, 5) is 12.2. The Hall–Kier alpha value is -1.14. The summed E-state index contributed by atoms with van der Waals surface area (Å²) >= 11 is 6.62. The summed E-state index contributed by atoms with van der Waals surface area (Å²) in [6.45, 7) is 5.34. The SMILES string of the molecule is CC(C)(C)OC(=O)n1cc(Br)cc1-c1cc(Br)ccc1F. The third-order valence-electron chi connectivity index (χ3n) is 2.58. The van der Waals surface area contributed by atoms with Gasteiger partial charge in [-0.05, 0) is 61.0 Å². The largest absolute Gasteiger partial charge is 0.443 e. The number of halogens is 3. The highest BCUT2D eigenvalue weighted by molar-refractivity contribution is 9.10. The van der Waals surface area contributed by atoms with E-state index in [4.69, 9.17) is 4.74 Å². The first-order valence-corrected chi connectivity index (χ1v) is 7.82. The van der Waals surface area contributed by atoms with Gasteiger partial charge in [-0.25, -0.2) is 9.18 Å². The number of hydrogen-bond donors (Lipinski definition) is 0. The van der Waals surface area contributed by atoms with E-state index in [-0.39, 0.29) is 0 Å². The Labute approximate surface area is 139 Å². The first kappa shape index (κ1) is 16.2. The molecule has 0 aliphatic carbocycles. The van der Waals surface area contributed by atoms with E-state index in [1.165, 1.54) is 10.6 Å². The maximum Gasteiger partial charge on any atom is 0.419 e. The van der Waals surface area contributed by atoms with Crippen molar-refractivity contribution < 1.29 is 13.9 Å². The standard InChI is InChI=1S/C15H14Br2FNO2/c1-15(2,3)21-14(20)19-8-10(17)7-13(19)11-6-9(16)4-5-12(11)18/h4-8H,1-3H3. The molecular formula is C15H14Br2FNO2. The van der Waals surface area contributed by atoms with Gasteiger partial charge in [-0.1, -0.05) is 15.9 Å². The van der Waals surface area contributed by atoms with Crippen LogP contribution in [0.5, 0.6) is 0 Å². The zero-order chi connectivity index (χ0) is 15.8. The van der Waals surface area contributed by atoms with E-state index in [0.29, 0.717) is 15.7 Å². The number of benzene rings is 1. The molecule has 0 saturated carbocycles. The minimum atomic E-state index is -0.624. The van der Waals surface area contributed by atoms with Crippen molar-refractivity contribution in [3.63, 3.8) is 0 Å². The Balaban J connectivity index is 2.51. The molecule has 0 aliphatic heterocycles. The van der Waals surface area contributed by atoms with Crippen molar-refractivity contribution in [3.05, 3.63) is 45.2 Å². The van der Waals surface area contributed by atoms with Crippen molar-refractivity contribution in [1.29, 1.82) is 0 Å². The van der Waals surface area contributed by atoms with Crippen LogP contribution >= 0.6 is 31.9 Å². The summed E-state index contributed by atoms with van der Waals surface area (Å²) in [5.74, 6) is -0.409. The van der Waals surface area contributed by atoms with Gasteiger partial charge in [0.2, 0.25) is 0 Å². The monoisotopic (exact) mass is 417 g/mol. The quantitative estimate of drug-likeness (QED) is 0.603. The molecule has 0 saturated heterocycles.